The molecule has 0 radical (unpaired) electrons. The van der Waals surface area contributed by atoms with Gasteiger partial charge >= 0.3 is 0 Å². The van der Waals surface area contributed by atoms with E-state index in [0.29, 0.717) is 34.3 Å². The Kier molecular flexibility index (Phi) is 11.3. The van der Waals surface area contributed by atoms with Gasteiger partial charge in [-0.2, -0.15) is 11.8 Å². The highest BCUT2D eigenvalue weighted by Crippen LogP contribution is 2.27. The van der Waals surface area contributed by atoms with Crippen LogP contribution in [0.2, 0.25) is 10.0 Å². The van der Waals surface area contributed by atoms with Crippen molar-refractivity contribution >= 4 is 46.8 Å². The maximum atomic E-state index is 13.1. The summed E-state index contributed by atoms with van der Waals surface area (Å²) in [6.45, 7) is 4.61. The van der Waals surface area contributed by atoms with Crippen LogP contribution >= 0.6 is 35.0 Å². The van der Waals surface area contributed by atoms with Gasteiger partial charge in [0.05, 0.1) is 0 Å². The van der Waals surface area contributed by atoms with E-state index in [2.05, 4.69) is 24.4 Å². The van der Waals surface area contributed by atoms with E-state index in [4.69, 9.17) is 23.2 Å². The number of amides is 2. The van der Waals surface area contributed by atoms with Crippen LogP contribution in [0.3, 0.4) is 0 Å². The molecule has 0 spiro atoms. The molecule has 0 fully saturated rings. The van der Waals surface area contributed by atoms with Gasteiger partial charge in [-0.15, -0.1) is 0 Å². The van der Waals surface area contributed by atoms with E-state index in [9.17, 15) is 9.59 Å². The van der Waals surface area contributed by atoms with Gasteiger partial charge < -0.3 is 10.2 Å². The lowest BCUT2D eigenvalue weighted by Gasteiger charge is -2.29. The summed E-state index contributed by atoms with van der Waals surface area (Å²) < 4.78 is 0. The topological polar surface area (TPSA) is 49.4 Å². The first kappa shape index (κ1) is 25.6. The summed E-state index contributed by atoms with van der Waals surface area (Å²) in [6.07, 6.45) is 2.23. The Balaban J connectivity index is 2.04. The van der Waals surface area contributed by atoms with Gasteiger partial charge in [0.2, 0.25) is 11.8 Å². The van der Waals surface area contributed by atoms with Crippen LogP contribution in [-0.2, 0) is 21.9 Å². The number of nitrogens with one attached hydrogen (secondary N) is 1. The molecule has 31 heavy (non-hydrogen) atoms. The first-order valence-electron chi connectivity index (χ1n) is 10.6. The minimum Gasteiger partial charge on any atom is -0.354 e. The molecule has 0 unspecified atom stereocenters. The molecular weight excluding hydrogens is 451 g/mol. The molecular formula is C24H30Cl2N2O2S. The minimum absolute atomic E-state index is 0.0883. The number of halogens is 2. The number of unbranched alkanes of at least 4 members (excludes halogenated alkanes) is 1. The molecule has 1 N–H and O–H groups in total. The maximum absolute atomic E-state index is 13.1. The van der Waals surface area contributed by atoms with E-state index in [1.807, 2.05) is 18.2 Å². The summed E-state index contributed by atoms with van der Waals surface area (Å²) in [4.78, 5) is 27.3. The van der Waals surface area contributed by atoms with Crippen LogP contribution < -0.4 is 5.32 Å². The lowest BCUT2D eigenvalue weighted by Crippen LogP contribution is -2.48. The van der Waals surface area contributed by atoms with Crippen LogP contribution in [0.15, 0.2) is 48.5 Å². The van der Waals surface area contributed by atoms with Gasteiger partial charge in [-0.05, 0) is 31.0 Å². The number of hydrogen-bond acceptors (Lipinski definition) is 3. The molecule has 0 aromatic heterocycles. The summed E-state index contributed by atoms with van der Waals surface area (Å²) in [7, 11) is 0. The fraction of sp³-hybridized carbons (Fsp3) is 0.417. The standard InChI is InChI=1S/C24H30Cl2N2O2S/c1-3-4-14-27-24(30)18(2)28(16-20-21(25)11-8-12-22(20)26)23(29)13-15-31-17-19-9-6-5-7-10-19/h5-12,18H,3-4,13-17H2,1-2H3,(H,27,30)/t18-/m0/s1. The van der Waals surface area contributed by atoms with Gasteiger partial charge in [-0.3, -0.25) is 9.59 Å². The zero-order valence-electron chi connectivity index (χ0n) is 18.1. The first-order chi connectivity index (χ1) is 14.9. The highest BCUT2D eigenvalue weighted by atomic mass is 35.5. The van der Waals surface area contributed by atoms with Crippen LogP contribution in [0, 0.1) is 0 Å². The van der Waals surface area contributed by atoms with Crippen molar-refractivity contribution in [2.24, 2.45) is 0 Å². The Morgan fingerprint density at radius 1 is 1.06 bits per heavy atom. The Bertz CT molecular complexity index is 828. The highest BCUT2D eigenvalue weighted by Gasteiger charge is 2.27. The molecule has 7 heteroatoms. The molecule has 2 aromatic rings. The summed E-state index contributed by atoms with van der Waals surface area (Å²) in [5.74, 6) is 1.26. The molecule has 0 aliphatic heterocycles. The van der Waals surface area contributed by atoms with Crippen molar-refractivity contribution in [3.05, 3.63) is 69.7 Å². The fourth-order valence-corrected chi connectivity index (χ4v) is 4.45. The number of thioether (sulfide) groups is 1. The van der Waals surface area contributed by atoms with Crippen LogP contribution in [0.5, 0.6) is 0 Å². The van der Waals surface area contributed by atoms with Crippen LogP contribution in [0.25, 0.3) is 0 Å². The number of carbonyl (C=O) groups is 2. The van der Waals surface area contributed by atoms with Gasteiger partial charge in [0.1, 0.15) is 6.04 Å². The SMILES string of the molecule is CCCCNC(=O)[C@H](C)N(Cc1c(Cl)cccc1Cl)C(=O)CCSCc1ccccc1. The molecule has 0 aliphatic rings. The highest BCUT2D eigenvalue weighted by molar-refractivity contribution is 7.98. The maximum Gasteiger partial charge on any atom is 0.242 e. The molecule has 0 bridgehead atoms. The molecule has 2 aromatic carbocycles. The second-order valence-corrected chi connectivity index (χ2v) is 9.25. The third kappa shape index (κ3) is 8.40. The van der Waals surface area contributed by atoms with E-state index in [1.165, 1.54) is 5.56 Å². The fourth-order valence-electron chi connectivity index (χ4n) is 3.04. The second kappa shape index (κ2) is 13.7. The molecule has 0 aliphatic carbocycles. The lowest BCUT2D eigenvalue weighted by atomic mass is 10.1. The number of hydrogen-bond donors (Lipinski definition) is 1. The monoisotopic (exact) mass is 480 g/mol. The van der Waals surface area contributed by atoms with Crippen molar-refractivity contribution in [3.63, 3.8) is 0 Å². The predicted molar refractivity (Wildman–Crippen MR) is 132 cm³/mol. The van der Waals surface area contributed by atoms with Crippen LogP contribution in [-0.4, -0.2) is 35.1 Å². The van der Waals surface area contributed by atoms with E-state index in [1.54, 1.807) is 41.8 Å². The molecule has 2 amide bonds. The number of nitrogens with zero attached hydrogens (tertiary/aromatic N) is 1. The molecule has 168 valence electrons. The average molecular weight is 481 g/mol. The average Bonchev–Trinajstić information content (AvgIpc) is 2.77. The minimum atomic E-state index is -0.615. The van der Waals surface area contributed by atoms with Crippen molar-refractivity contribution in [1.82, 2.24) is 10.2 Å². The Morgan fingerprint density at radius 3 is 2.39 bits per heavy atom. The Hall–Kier alpha value is -1.69. The molecule has 1 atom stereocenters. The van der Waals surface area contributed by atoms with Crippen LogP contribution in [0.1, 0.15) is 44.2 Å². The molecule has 0 heterocycles. The molecule has 0 saturated heterocycles. The van der Waals surface area contributed by atoms with Gasteiger partial charge in [-0.25, -0.2) is 0 Å². The summed E-state index contributed by atoms with van der Waals surface area (Å²) in [5.41, 5.74) is 1.88. The zero-order valence-corrected chi connectivity index (χ0v) is 20.4. The summed E-state index contributed by atoms with van der Waals surface area (Å²) in [6, 6.07) is 14.8. The molecule has 0 saturated carbocycles. The zero-order chi connectivity index (χ0) is 22.6. The summed E-state index contributed by atoms with van der Waals surface area (Å²) in [5, 5.41) is 3.90. The first-order valence-corrected chi connectivity index (χ1v) is 12.5. The van der Waals surface area contributed by atoms with Crippen molar-refractivity contribution in [2.45, 2.75) is 51.4 Å². The van der Waals surface area contributed by atoms with Gasteiger partial charge in [0.25, 0.3) is 0 Å². The van der Waals surface area contributed by atoms with Gasteiger partial charge in [-0.1, -0.05) is 72.9 Å². The number of rotatable bonds is 12. The molecule has 2 rings (SSSR count). The van der Waals surface area contributed by atoms with Crippen molar-refractivity contribution < 1.29 is 9.59 Å². The second-order valence-electron chi connectivity index (χ2n) is 7.33. The van der Waals surface area contributed by atoms with Crippen molar-refractivity contribution in [1.29, 1.82) is 0 Å². The Labute approximate surface area is 199 Å². The third-order valence-electron chi connectivity index (χ3n) is 4.96. The van der Waals surface area contributed by atoms with Crippen molar-refractivity contribution in [3.8, 4) is 0 Å². The van der Waals surface area contributed by atoms with E-state index in [0.717, 1.165) is 18.6 Å². The summed E-state index contributed by atoms with van der Waals surface area (Å²) >= 11 is 14.4. The largest absolute Gasteiger partial charge is 0.354 e. The molecule has 4 nitrogen and oxygen atoms in total. The predicted octanol–water partition coefficient (Wildman–Crippen LogP) is 5.95. The quantitative estimate of drug-likeness (QED) is 0.381. The number of benzene rings is 2. The lowest BCUT2D eigenvalue weighted by molar-refractivity contribution is -0.140. The van der Waals surface area contributed by atoms with E-state index < -0.39 is 6.04 Å². The normalized spacial score (nSPS) is 11.7. The number of carbonyl (C=O) groups excluding carboxylic acids is 2. The Morgan fingerprint density at radius 2 is 1.74 bits per heavy atom. The van der Waals surface area contributed by atoms with Gasteiger partial charge in [0.15, 0.2) is 0 Å². The van der Waals surface area contributed by atoms with Gasteiger partial charge in [0, 0.05) is 46.6 Å². The third-order valence-corrected chi connectivity index (χ3v) is 6.70. The van der Waals surface area contributed by atoms with E-state index in [-0.39, 0.29) is 18.4 Å². The van der Waals surface area contributed by atoms with Crippen LogP contribution in [0.4, 0.5) is 0 Å². The smallest absolute Gasteiger partial charge is 0.242 e. The van der Waals surface area contributed by atoms with Crippen molar-refractivity contribution in [2.75, 3.05) is 12.3 Å². The van der Waals surface area contributed by atoms with E-state index >= 15 is 0 Å².